The highest BCUT2D eigenvalue weighted by Crippen LogP contribution is 2.44. The van der Waals surface area contributed by atoms with E-state index in [0.29, 0.717) is 0 Å². The first kappa shape index (κ1) is 10.1. The van der Waals surface area contributed by atoms with Gasteiger partial charge in [0.05, 0.1) is 4.92 Å². The van der Waals surface area contributed by atoms with Crippen molar-refractivity contribution in [2.75, 3.05) is 0 Å². The Labute approximate surface area is 88.2 Å². The van der Waals surface area contributed by atoms with Crippen molar-refractivity contribution in [3.63, 3.8) is 0 Å². The van der Waals surface area contributed by atoms with Crippen LogP contribution in [0.25, 0.3) is 0 Å². The summed E-state index contributed by atoms with van der Waals surface area (Å²) >= 11 is 0. The van der Waals surface area contributed by atoms with Crippen molar-refractivity contribution >= 4 is 5.69 Å². The minimum Gasteiger partial charge on any atom is -0.324 e. The molecule has 15 heavy (non-hydrogen) atoms. The molecule has 2 N–H and O–H groups in total. The molecule has 0 bridgehead atoms. The van der Waals surface area contributed by atoms with Crippen molar-refractivity contribution in [3.8, 4) is 0 Å². The molecule has 0 radical (unpaired) electrons. The van der Waals surface area contributed by atoms with Crippen LogP contribution in [0.3, 0.4) is 0 Å². The summed E-state index contributed by atoms with van der Waals surface area (Å²) in [5, 5.41) is 10.6. The van der Waals surface area contributed by atoms with Crippen molar-refractivity contribution in [1.82, 2.24) is 0 Å². The summed E-state index contributed by atoms with van der Waals surface area (Å²) in [7, 11) is 0. The van der Waals surface area contributed by atoms with Crippen molar-refractivity contribution in [1.29, 1.82) is 0 Å². The maximum absolute atomic E-state index is 10.6. The number of hydrogen-bond donors (Lipinski definition) is 1. The van der Waals surface area contributed by atoms with E-state index in [9.17, 15) is 10.1 Å². The van der Waals surface area contributed by atoms with Gasteiger partial charge < -0.3 is 5.73 Å². The van der Waals surface area contributed by atoms with Gasteiger partial charge in [0.2, 0.25) is 0 Å². The maximum Gasteiger partial charge on any atom is 0.269 e. The van der Waals surface area contributed by atoms with Gasteiger partial charge in [-0.15, -0.1) is 0 Å². The van der Waals surface area contributed by atoms with E-state index in [4.69, 9.17) is 5.73 Å². The summed E-state index contributed by atoms with van der Waals surface area (Å²) in [6.45, 7) is 4.23. The predicted molar refractivity (Wildman–Crippen MR) is 57.7 cm³/mol. The molecule has 0 saturated carbocycles. The van der Waals surface area contributed by atoms with Gasteiger partial charge in [0.25, 0.3) is 5.69 Å². The number of nitrogens with two attached hydrogens (primary N) is 1. The summed E-state index contributed by atoms with van der Waals surface area (Å²) in [4.78, 5) is 10.3. The Hall–Kier alpha value is -1.42. The zero-order chi connectivity index (χ0) is 11.2. The molecule has 1 atom stereocenters. The van der Waals surface area contributed by atoms with E-state index >= 15 is 0 Å². The third kappa shape index (κ3) is 1.51. The zero-order valence-electron chi connectivity index (χ0n) is 8.86. The monoisotopic (exact) mass is 206 g/mol. The largest absolute Gasteiger partial charge is 0.324 e. The van der Waals surface area contributed by atoms with Crippen LogP contribution in [-0.4, -0.2) is 4.92 Å². The summed E-state index contributed by atoms with van der Waals surface area (Å²) in [6, 6.07) is 4.92. The third-order valence-electron chi connectivity index (χ3n) is 3.10. The van der Waals surface area contributed by atoms with Crippen LogP contribution in [0.2, 0.25) is 0 Å². The van der Waals surface area contributed by atoms with Crippen LogP contribution >= 0.6 is 0 Å². The van der Waals surface area contributed by atoms with Gasteiger partial charge in [0.1, 0.15) is 0 Å². The molecule has 0 spiro atoms. The number of non-ortho nitro benzene ring substituents is 1. The van der Waals surface area contributed by atoms with E-state index < -0.39 is 0 Å². The number of rotatable bonds is 1. The maximum atomic E-state index is 10.6. The number of fused-ring (bicyclic) bond motifs is 1. The molecule has 1 aliphatic rings. The van der Waals surface area contributed by atoms with Gasteiger partial charge in [0.15, 0.2) is 0 Å². The number of benzene rings is 1. The van der Waals surface area contributed by atoms with Gasteiger partial charge in [-0.2, -0.15) is 0 Å². The van der Waals surface area contributed by atoms with Crippen LogP contribution in [0.15, 0.2) is 18.2 Å². The zero-order valence-corrected chi connectivity index (χ0v) is 8.86. The quantitative estimate of drug-likeness (QED) is 0.566. The van der Waals surface area contributed by atoms with Crippen LogP contribution in [-0.2, 0) is 5.41 Å². The second-order valence-electron chi connectivity index (χ2n) is 4.72. The Kier molecular flexibility index (Phi) is 2.04. The van der Waals surface area contributed by atoms with Gasteiger partial charge in [0, 0.05) is 18.2 Å². The van der Waals surface area contributed by atoms with E-state index in [0.717, 1.165) is 17.5 Å². The molecule has 80 valence electrons. The topological polar surface area (TPSA) is 69.2 Å². The number of nitrogens with zero attached hydrogens (tertiary/aromatic N) is 1. The number of nitro groups is 1. The minimum atomic E-state index is -0.377. The van der Waals surface area contributed by atoms with E-state index in [1.54, 1.807) is 12.1 Å². The second-order valence-corrected chi connectivity index (χ2v) is 4.72. The SMILES string of the molecule is CC1(C)CC(N)c2cc([N+](=O)[O-])ccc21. The highest BCUT2D eigenvalue weighted by Gasteiger charge is 2.35. The molecule has 4 nitrogen and oxygen atoms in total. The molecule has 1 aromatic carbocycles. The first-order valence-electron chi connectivity index (χ1n) is 4.96. The Balaban J connectivity index is 2.55. The Bertz CT molecular complexity index is 427. The van der Waals surface area contributed by atoms with Crippen molar-refractivity contribution < 1.29 is 4.92 Å². The Morgan fingerprint density at radius 3 is 2.80 bits per heavy atom. The average molecular weight is 206 g/mol. The lowest BCUT2D eigenvalue weighted by molar-refractivity contribution is -0.384. The van der Waals surface area contributed by atoms with Gasteiger partial charge >= 0.3 is 0 Å². The fraction of sp³-hybridized carbons (Fsp3) is 0.455. The van der Waals surface area contributed by atoms with Crippen LogP contribution in [0.1, 0.15) is 37.4 Å². The number of nitro benzene ring substituents is 1. The first-order valence-corrected chi connectivity index (χ1v) is 4.96. The highest BCUT2D eigenvalue weighted by atomic mass is 16.6. The second kappa shape index (κ2) is 3.03. The standard InChI is InChI=1S/C11H14N2O2/c1-11(2)6-10(12)8-5-7(13(14)15)3-4-9(8)11/h3-5,10H,6,12H2,1-2H3. The van der Waals surface area contributed by atoms with Gasteiger partial charge in [-0.3, -0.25) is 10.1 Å². The van der Waals surface area contributed by atoms with Crippen molar-refractivity contribution in [2.24, 2.45) is 5.73 Å². The molecule has 0 heterocycles. The molecule has 1 aromatic rings. The molecular formula is C11H14N2O2. The molecule has 0 amide bonds. The molecule has 2 rings (SSSR count). The summed E-state index contributed by atoms with van der Waals surface area (Å²) in [5.74, 6) is 0. The lowest BCUT2D eigenvalue weighted by Gasteiger charge is -2.18. The molecule has 0 aromatic heterocycles. The molecule has 0 saturated heterocycles. The molecule has 1 unspecified atom stereocenters. The van der Waals surface area contributed by atoms with E-state index in [2.05, 4.69) is 13.8 Å². The Morgan fingerprint density at radius 2 is 2.20 bits per heavy atom. The molecule has 0 aliphatic heterocycles. The molecular weight excluding hydrogens is 192 g/mol. The Morgan fingerprint density at radius 1 is 1.53 bits per heavy atom. The van der Waals surface area contributed by atoms with Crippen LogP contribution in [0, 0.1) is 10.1 Å². The lowest BCUT2D eigenvalue weighted by atomic mass is 9.86. The lowest BCUT2D eigenvalue weighted by Crippen LogP contribution is -2.14. The third-order valence-corrected chi connectivity index (χ3v) is 3.10. The van der Waals surface area contributed by atoms with Gasteiger partial charge in [-0.05, 0) is 23.0 Å². The van der Waals surface area contributed by atoms with Crippen LogP contribution < -0.4 is 5.73 Å². The van der Waals surface area contributed by atoms with Gasteiger partial charge in [-0.25, -0.2) is 0 Å². The van der Waals surface area contributed by atoms with Crippen molar-refractivity contribution in [2.45, 2.75) is 31.7 Å². The van der Waals surface area contributed by atoms with E-state index in [-0.39, 0.29) is 22.1 Å². The summed E-state index contributed by atoms with van der Waals surface area (Å²) < 4.78 is 0. The normalized spacial score (nSPS) is 22.5. The fourth-order valence-electron chi connectivity index (χ4n) is 2.36. The summed E-state index contributed by atoms with van der Waals surface area (Å²) in [6.07, 6.45) is 0.851. The summed E-state index contributed by atoms with van der Waals surface area (Å²) in [5.41, 5.74) is 8.19. The first-order chi connectivity index (χ1) is 6.92. The average Bonchev–Trinajstić information content (AvgIpc) is 2.37. The molecule has 1 aliphatic carbocycles. The van der Waals surface area contributed by atoms with Gasteiger partial charge in [-0.1, -0.05) is 19.9 Å². The molecule has 0 fully saturated rings. The van der Waals surface area contributed by atoms with Crippen molar-refractivity contribution in [3.05, 3.63) is 39.4 Å². The van der Waals surface area contributed by atoms with E-state index in [1.807, 2.05) is 6.07 Å². The highest BCUT2D eigenvalue weighted by molar-refractivity contribution is 5.47. The predicted octanol–water partition coefficient (Wildman–Crippen LogP) is 2.28. The fourth-order valence-corrected chi connectivity index (χ4v) is 2.36. The number of hydrogen-bond acceptors (Lipinski definition) is 3. The molecule has 4 heteroatoms. The van der Waals surface area contributed by atoms with Crippen LogP contribution in [0.5, 0.6) is 0 Å². The van der Waals surface area contributed by atoms with E-state index in [1.165, 1.54) is 0 Å². The van der Waals surface area contributed by atoms with Crippen LogP contribution in [0.4, 0.5) is 5.69 Å². The smallest absolute Gasteiger partial charge is 0.269 e. The minimum absolute atomic E-state index is 0.0316.